The van der Waals surface area contributed by atoms with Crippen LogP contribution in [0.4, 0.5) is 0 Å². The van der Waals surface area contributed by atoms with E-state index < -0.39 is 11.9 Å². The number of amides is 1. The van der Waals surface area contributed by atoms with Gasteiger partial charge in [0.05, 0.1) is 6.26 Å². The van der Waals surface area contributed by atoms with E-state index in [0.29, 0.717) is 5.56 Å². The molecule has 132 valence electrons. The van der Waals surface area contributed by atoms with Crippen LogP contribution in [0.1, 0.15) is 47.2 Å². The predicted octanol–water partition coefficient (Wildman–Crippen LogP) is 2.73. The van der Waals surface area contributed by atoms with Crippen LogP contribution < -0.4 is 5.32 Å². The molecular formula is C19H21NO5. The molecule has 6 nitrogen and oxygen atoms in total. The number of hydrogen-bond acceptors (Lipinski definition) is 5. The van der Waals surface area contributed by atoms with Gasteiger partial charge in [0.1, 0.15) is 6.54 Å². The topological polar surface area (TPSA) is 85.6 Å². The van der Waals surface area contributed by atoms with Crippen molar-refractivity contribution >= 4 is 17.7 Å². The number of ether oxygens (including phenoxy) is 1. The lowest BCUT2D eigenvalue weighted by atomic mass is 9.86. The molecule has 1 amide bonds. The highest BCUT2D eigenvalue weighted by Gasteiger charge is 2.16. The van der Waals surface area contributed by atoms with Gasteiger partial charge in [-0.25, -0.2) is 0 Å². The number of benzene rings is 1. The van der Waals surface area contributed by atoms with Crippen molar-refractivity contribution in [3.05, 3.63) is 59.5 Å². The first-order chi connectivity index (χ1) is 11.8. The Labute approximate surface area is 146 Å². The Hall–Kier alpha value is -2.89. The second kappa shape index (κ2) is 7.79. The summed E-state index contributed by atoms with van der Waals surface area (Å²) in [6.45, 7) is 5.55. The van der Waals surface area contributed by atoms with Crippen LogP contribution in [0.25, 0.3) is 0 Å². The summed E-state index contributed by atoms with van der Waals surface area (Å²) in [5.41, 5.74) is 1.59. The van der Waals surface area contributed by atoms with Crippen molar-refractivity contribution in [1.29, 1.82) is 0 Å². The van der Waals surface area contributed by atoms with Crippen molar-refractivity contribution in [3.63, 3.8) is 0 Å². The molecule has 0 fully saturated rings. The van der Waals surface area contributed by atoms with Gasteiger partial charge in [-0.05, 0) is 23.1 Å². The Morgan fingerprint density at radius 1 is 1.08 bits per heavy atom. The molecule has 0 aliphatic heterocycles. The van der Waals surface area contributed by atoms with Crippen molar-refractivity contribution in [2.45, 2.75) is 26.2 Å². The zero-order valence-electron chi connectivity index (χ0n) is 14.5. The first kappa shape index (κ1) is 18.4. The van der Waals surface area contributed by atoms with E-state index in [0.717, 1.165) is 5.56 Å². The molecule has 0 radical (unpaired) electrons. The number of carbonyl (C=O) groups excluding carboxylic acids is 3. The molecule has 0 bridgehead atoms. The maximum atomic E-state index is 12.1. The molecule has 1 heterocycles. The highest BCUT2D eigenvalue weighted by Crippen LogP contribution is 2.22. The maximum Gasteiger partial charge on any atom is 0.325 e. The number of esters is 1. The van der Waals surface area contributed by atoms with Crippen LogP contribution in [-0.2, 0) is 14.9 Å². The number of ketones is 1. The van der Waals surface area contributed by atoms with E-state index in [1.165, 1.54) is 12.3 Å². The van der Waals surface area contributed by atoms with E-state index >= 15 is 0 Å². The van der Waals surface area contributed by atoms with Gasteiger partial charge >= 0.3 is 5.97 Å². The number of Topliss-reactive ketones (excluding diaryl/α,β-unsaturated/α-hetero) is 1. The quantitative estimate of drug-likeness (QED) is 0.644. The maximum absolute atomic E-state index is 12.1. The zero-order valence-corrected chi connectivity index (χ0v) is 14.5. The third kappa shape index (κ3) is 5.31. The van der Waals surface area contributed by atoms with Gasteiger partial charge in [0, 0.05) is 5.56 Å². The average Bonchev–Trinajstić information content (AvgIpc) is 3.11. The highest BCUT2D eigenvalue weighted by atomic mass is 16.5. The minimum atomic E-state index is -0.695. The summed E-state index contributed by atoms with van der Waals surface area (Å²) >= 11 is 0. The van der Waals surface area contributed by atoms with Crippen LogP contribution in [0.2, 0.25) is 0 Å². The van der Waals surface area contributed by atoms with Crippen molar-refractivity contribution in [3.8, 4) is 0 Å². The standard InChI is InChI=1S/C19H21NO5/c1-19(2,3)14-8-6-13(7-9-14)15(21)12-25-17(22)11-20-18(23)16-5-4-10-24-16/h4-10H,11-12H2,1-3H3,(H,20,23). The van der Waals surface area contributed by atoms with Gasteiger partial charge in [-0.1, -0.05) is 45.0 Å². The number of furan rings is 1. The molecule has 25 heavy (non-hydrogen) atoms. The van der Waals surface area contributed by atoms with Crippen LogP contribution in [0, 0.1) is 0 Å². The van der Waals surface area contributed by atoms with E-state index in [9.17, 15) is 14.4 Å². The summed E-state index contributed by atoms with van der Waals surface area (Å²) in [5, 5.41) is 2.35. The van der Waals surface area contributed by atoms with Crippen molar-refractivity contribution < 1.29 is 23.5 Å². The Bertz CT molecular complexity index is 739. The van der Waals surface area contributed by atoms with Gasteiger partial charge in [0.15, 0.2) is 18.2 Å². The van der Waals surface area contributed by atoms with Crippen molar-refractivity contribution in [1.82, 2.24) is 5.32 Å². The van der Waals surface area contributed by atoms with Crippen LogP contribution in [0.15, 0.2) is 47.1 Å². The van der Waals surface area contributed by atoms with Gasteiger partial charge in [-0.2, -0.15) is 0 Å². The lowest BCUT2D eigenvalue weighted by molar-refractivity contribution is -0.141. The van der Waals surface area contributed by atoms with Crippen molar-refractivity contribution in [2.75, 3.05) is 13.2 Å². The number of nitrogens with one attached hydrogen (secondary N) is 1. The molecule has 0 saturated heterocycles. The van der Waals surface area contributed by atoms with Crippen LogP contribution in [-0.4, -0.2) is 30.8 Å². The molecule has 1 aromatic carbocycles. The predicted molar refractivity (Wildman–Crippen MR) is 91.5 cm³/mol. The first-order valence-corrected chi connectivity index (χ1v) is 7.88. The molecule has 0 aliphatic rings. The highest BCUT2D eigenvalue weighted by molar-refractivity contribution is 5.98. The largest absolute Gasteiger partial charge is 0.459 e. The summed E-state index contributed by atoms with van der Waals surface area (Å²) in [7, 11) is 0. The summed E-state index contributed by atoms with van der Waals surface area (Å²) in [5.74, 6) is -1.42. The van der Waals surface area contributed by atoms with Crippen LogP contribution in [0.3, 0.4) is 0 Å². The van der Waals surface area contributed by atoms with E-state index in [2.05, 4.69) is 26.1 Å². The molecule has 0 unspecified atom stereocenters. The number of rotatable bonds is 6. The SMILES string of the molecule is CC(C)(C)c1ccc(C(=O)COC(=O)CNC(=O)c2ccco2)cc1. The molecule has 1 N–H and O–H groups in total. The van der Waals surface area contributed by atoms with Gasteiger partial charge in [-0.3, -0.25) is 14.4 Å². The summed E-state index contributed by atoms with van der Waals surface area (Å²) in [4.78, 5) is 35.3. The first-order valence-electron chi connectivity index (χ1n) is 7.88. The number of hydrogen-bond donors (Lipinski definition) is 1. The second-order valence-corrected chi connectivity index (χ2v) is 6.57. The summed E-state index contributed by atoms with van der Waals surface area (Å²) in [6, 6.07) is 10.3. The van der Waals surface area contributed by atoms with Crippen LogP contribution >= 0.6 is 0 Å². The third-order valence-corrected chi connectivity index (χ3v) is 3.58. The summed E-state index contributed by atoms with van der Waals surface area (Å²) < 4.78 is 9.79. The van der Waals surface area contributed by atoms with E-state index in [1.54, 1.807) is 18.2 Å². The molecule has 1 aromatic heterocycles. The Kier molecular flexibility index (Phi) is 5.75. The average molecular weight is 343 g/mol. The molecule has 0 atom stereocenters. The zero-order chi connectivity index (χ0) is 18.4. The van der Waals surface area contributed by atoms with Gasteiger partial charge in [-0.15, -0.1) is 0 Å². The van der Waals surface area contributed by atoms with Gasteiger partial charge in [0.25, 0.3) is 5.91 Å². The minimum Gasteiger partial charge on any atom is -0.459 e. The fraction of sp³-hybridized carbons (Fsp3) is 0.316. The molecule has 0 aliphatic carbocycles. The van der Waals surface area contributed by atoms with E-state index in [1.807, 2.05) is 12.1 Å². The van der Waals surface area contributed by atoms with E-state index in [-0.39, 0.29) is 30.1 Å². The lowest BCUT2D eigenvalue weighted by Gasteiger charge is -2.18. The summed E-state index contributed by atoms with van der Waals surface area (Å²) in [6.07, 6.45) is 1.36. The Morgan fingerprint density at radius 2 is 1.76 bits per heavy atom. The Morgan fingerprint density at radius 3 is 2.32 bits per heavy atom. The Balaban J connectivity index is 1.79. The monoisotopic (exact) mass is 343 g/mol. The molecule has 0 saturated carbocycles. The normalized spacial score (nSPS) is 11.0. The molecule has 0 spiro atoms. The molecular weight excluding hydrogens is 322 g/mol. The lowest BCUT2D eigenvalue weighted by Crippen LogP contribution is -2.31. The minimum absolute atomic E-state index is 0.000241. The van der Waals surface area contributed by atoms with Gasteiger partial charge in [0.2, 0.25) is 0 Å². The smallest absolute Gasteiger partial charge is 0.325 e. The molecule has 2 rings (SSSR count). The van der Waals surface area contributed by atoms with Crippen LogP contribution in [0.5, 0.6) is 0 Å². The molecule has 2 aromatic rings. The number of carbonyl (C=O) groups is 3. The fourth-order valence-corrected chi connectivity index (χ4v) is 2.08. The second-order valence-electron chi connectivity index (χ2n) is 6.57. The third-order valence-electron chi connectivity index (χ3n) is 3.58. The van der Waals surface area contributed by atoms with Gasteiger partial charge < -0.3 is 14.5 Å². The van der Waals surface area contributed by atoms with E-state index in [4.69, 9.17) is 9.15 Å². The molecule has 6 heteroatoms. The van der Waals surface area contributed by atoms with Crippen molar-refractivity contribution in [2.24, 2.45) is 0 Å². The fourth-order valence-electron chi connectivity index (χ4n) is 2.08.